The normalized spacial score (nSPS) is 10.4. The number of benzene rings is 4. The van der Waals surface area contributed by atoms with E-state index in [2.05, 4.69) is 22.8 Å². The van der Waals surface area contributed by atoms with Crippen molar-refractivity contribution >= 4 is 23.2 Å². The standard InChI is InChI=1S/C29H26N2O3/c1-21-8-5-13-25(18-21)30-28(32)23-11-6-14-26(19-23)31-29(33)24-12-7-15-27(20-24)34-17-16-22-9-3-2-4-10-22/h2-15,18-20H,16-17H2,1H3,(H,30,32)(H,31,33). The van der Waals surface area contributed by atoms with Crippen LogP contribution in [0.15, 0.2) is 103 Å². The molecule has 4 aromatic carbocycles. The molecule has 0 aliphatic rings. The summed E-state index contributed by atoms with van der Waals surface area (Å²) in [5.41, 5.74) is 4.46. The van der Waals surface area contributed by atoms with Crippen molar-refractivity contribution in [1.29, 1.82) is 0 Å². The minimum atomic E-state index is -0.273. The van der Waals surface area contributed by atoms with Gasteiger partial charge in [0.25, 0.3) is 11.8 Å². The van der Waals surface area contributed by atoms with Crippen molar-refractivity contribution < 1.29 is 14.3 Å². The van der Waals surface area contributed by atoms with Crippen LogP contribution in [0.5, 0.6) is 5.75 Å². The van der Waals surface area contributed by atoms with E-state index in [-0.39, 0.29) is 11.8 Å². The molecule has 0 atom stereocenters. The van der Waals surface area contributed by atoms with E-state index in [1.165, 1.54) is 5.56 Å². The minimum absolute atomic E-state index is 0.240. The number of carbonyl (C=O) groups is 2. The van der Waals surface area contributed by atoms with Crippen molar-refractivity contribution in [3.05, 3.63) is 125 Å². The van der Waals surface area contributed by atoms with Gasteiger partial charge in [-0.15, -0.1) is 0 Å². The lowest BCUT2D eigenvalue weighted by molar-refractivity contribution is 0.101. The highest BCUT2D eigenvalue weighted by atomic mass is 16.5. The number of nitrogens with one attached hydrogen (secondary N) is 2. The average molecular weight is 451 g/mol. The number of carbonyl (C=O) groups excluding carboxylic acids is 2. The molecule has 0 bridgehead atoms. The summed E-state index contributed by atoms with van der Waals surface area (Å²) < 4.78 is 5.83. The summed E-state index contributed by atoms with van der Waals surface area (Å²) in [6, 6.07) is 31.6. The van der Waals surface area contributed by atoms with E-state index in [1.807, 2.05) is 55.5 Å². The number of amides is 2. The van der Waals surface area contributed by atoms with Gasteiger partial charge in [-0.25, -0.2) is 0 Å². The van der Waals surface area contributed by atoms with Crippen molar-refractivity contribution in [3.8, 4) is 5.75 Å². The van der Waals surface area contributed by atoms with Gasteiger partial charge in [-0.1, -0.05) is 54.6 Å². The average Bonchev–Trinajstić information content (AvgIpc) is 2.85. The van der Waals surface area contributed by atoms with Gasteiger partial charge in [0.15, 0.2) is 0 Å². The lowest BCUT2D eigenvalue weighted by atomic mass is 10.1. The van der Waals surface area contributed by atoms with Gasteiger partial charge >= 0.3 is 0 Å². The fourth-order valence-electron chi connectivity index (χ4n) is 3.53. The number of hydrogen-bond donors (Lipinski definition) is 2. The van der Waals surface area contributed by atoms with Crippen LogP contribution in [0.25, 0.3) is 0 Å². The van der Waals surface area contributed by atoms with Crippen LogP contribution in [-0.2, 0) is 6.42 Å². The molecule has 0 radical (unpaired) electrons. The van der Waals surface area contributed by atoms with Crippen LogP contribution in [0.1, 0.15) is 31.8 Å². The summed E-state index contributed by atoms with van der Waals surface area (Å²) in [5, 5.41) is 5.74. The van der Waals surface area contributed by atoms with E-state index < -0.39 is 0 Å². The molecule has 0 aromatic heterocycles. The van der Waals surface area contributed by atoms with Gasteiger partial charge in [-0.05, 0) is 66.6 Å². The molecule has 0 aliphatic carbocycles. The molecule has 0 saturated heterocycles. The number of aryl methyl sites for hydroxylation is 1. The van der Waals surface area contributed by atoms with Gasteiger partial charge in [0, 0.05) is 28.9 Å². The second-order valence-corrected chi connectivity index (χ2v) is 7.97. The first-order chi connectivity index (χ1) is 16.6. The zero-order valence-electron chi connectivity index (χ0n) is 19.0. The zero-order valence-corrected chi connectivity index (χ0v) is 19.0. The molecule has 0 unspecified atom stereocenters. The van der Waals surface area contributed by atoms with Crippen molar-refractivity contribution in [3.63, 3.8) is 0 Å². The summed E-state index contributed by atoms with van der Waals surface area (Å²) >= 11 is 0. The summed E-state index contributed by atoms with van der Waals surface area (Å²) in [6.45, 7) is 2.49. The van der Waals surface area contributed by atoms with Crippen LogP contribution in [-0.4, -0.2) is 18.4 Å². The highest BCUT2D eigenvalue weighted by Crippen LogP contribution is 2.18. The zero-order chi connectivity index (χ0) is 23.8. The second kappa shape index (κ2) is 11.0. The predicted octanol–water partition coefficient (Wildman–Crippen LogP) is 6.12. The maximum absolute atomic E-state index is 12.8. The molecule has 0 heterocycles. The molecule has 170 valence electrons. The third-order valence-corrected chi connectivity index (χ3v) is 5.26. The Labute approximate surface area is 199 Å². The van der Waals surface area contributed by atoms with Crippen LogP contribution < -0.4 is 15.4 Å². The molecular weight excluding hydrogens is 424 g/mol. The van der Waals surface area contributed by atoms with E-state index in [0.29, 0.717) is 29.2 Å². The molecule has 0 spiro atoms. The Hall–Kier alpha value is -4.38. The van der Waals surface area contributed by atoms with Gasteiger partial charge in [-0.2, -0.15) is 0 Å². The monoisotopic (exact) mass is 450 g/mol. The number of ether oxygens (including phenoxy) is 1. The molecule has 5 heteroatoms. The van der Waals surface area contributed by atoms with Crippen molar-refractivity contribution in [1.82, 2.24) is 0 Å². The summed E-state index contributed by atoms with van der Waals surface area (Å²) in [6.07, 6.45) is 0.786. The molecular formula is C29H26N2O3. The Kier molecular flexibility index (Phi) is 7.35. The summed E-state index contributed by atoms with van der Waals surface area (Å²) in [7, 11) is 0. The van der Waals surface area contributed by atoms with Crippen molar-refractivity contribution in [2.45, 2.75) is 13.3 Å². The fourth-order valence-corrected chi connectivity index (χ4v) is 3.53. The smallest absolute Gasteiger partial charge is 0.255 e. The maximum Gasteiger partial charge on any atom is 0.255 e. The van der Waals surface area contributed by atoms with Crippen LogP contribution in [0.2, 0.25) is 0 Å². The SMILES string of the molecule is Cc1cccc(NC(=O)c2cccc(NC(=O)c3cccc(OCCc4ccccc4)c3)c2)c1. The van der Waals surface area contributed by atoms with Crippen LogP contribution in [0, 0.1) is 6.92 Å². The third-order valence-electron chi connectivity index (χ3n) is 5.26. The number of hydrogen-bond acceptors (Lipinski definition) is 3. The van der Waals surface area contributed by atoms with Gasteiger partial charge in [0.1, 0.15) is 5.75 Å². The van der Waals surface area contributed by atoms with Crippen LogP contribution in [0.4, 0.5) is 11.4 Å². The molecule has 4 aromatic rings. The third kappa shape index (κ3) is 6.33. The molecule has 2 amide bonds. The predicted molar refractivity (Wildman–Crippen MR) is 136 cm³/mol. The molecule has 0 aliphatic heterocycles. The van der Waals surface area contributed by atoms with Gasteiger partial charge < -0.3 is 15.4 Å². The van der Waals surface area contributed by atoms with E-state index in [4.69, 9.17) is 4.74 Å². The topological polar surface area (TPSA) is 67.4 Å². The van der Waals surface area contributed by atoms with E-state index in [1.54, 1.807) is 42.5 Å². The quantitative estimate of drug-likeness (QED) is 0.340. The summed E-state index contributed by atoms with van der Waals surface area (Å²) in [5.74, 6) is 0.120. The fraction of sp³-hybridized carbons (Fsp3) is 0.103. The van der Waals surface area contributed by atoms with E-state index in [9.17, 15) is 9.59 Å². The molecule has 0 saturated carbocycles. The number of anilines is 2. The highest BCUT2D eigenvalue weighted by Gasteiger charge is 2.11. The van der Waals surface area contributed by atoms with Crippen molar-refractivity contribution in [2.24, 2.45) is 0 Å². The van der Waals surface area contributed by atoms with Gasteiger partial charge in [0.2, 0.25) is 0 Å². The Bertz CT molecular complexity index is 1290. The molecule has 2 N–H and O–H groups in total. The second-order valence-electron chi connectivity index (χ2n) is 7.97. The first-order valence-corrected chi connectivity index (χ1v) is 11.1. The molecule has 4 rings (SSSR count). The minimum Gasteiger partial charge on any atom is -0.493 e. The Balaban J connectivity index is 1.37. The Morgan fingerprint density at radius 3 is 2.00 bits per heavy atom. The number of rotatable bonds is 8. The summed E-state index contributed by atoms with van der Waals surface area (Å²) in [4.78, 5) is 25.4. The van der Waals surface area contributed by atoms with E-state index >= 15 is 0 Å². The first-order valence-electron chi connectivity index (χ1n) is 11.1. The van der Waals surface area contributed by atoms with Crippen LogP contribution in [0.3, 0.4) is 0 Å². The largest absolute Gasteiger partial charge is 0.493 e. The first kappa shape index (κ1) is 22.8. The molecule has 5 nitrogen and oxygen atoms in total. The lowest BCUT2D eigenvalue weighted by Gasteiger charge is -2.10. The van der Waals surface area contributed by atoms with Crippen molar-refractivity contribution in [2.75, 3.05) is 17.2 Å². The van der Waals surface area contributed by atoms with Gasteiger partial charge in [0.05, 0.1) is 6.61 Å². The van der Waals surface area contributed by atoms with E-state index in [0.717, 1.165) is 17.7 Å². The maximum atomic E-state index is 12.8. The van der Waals surface area contributed by atoms with Gasteiger partial charge in [-0.3, -0.25) is 9.59 Å². The Morgan fingerprint density at radius 2 is 1.29 bits per heavy atom. The molecule has 0 fully saturated rings. The van der Waals surface area contributed by atoms with Crippen LogP contribution >= 0.6 is 0 Å². The highest BCUT2D eigenvalue weighted by molar-refractivity contribution is 6.07. The lowest BCUT2D eigenvalue weighted by Crippen LogP contribution is -2.15. The molecule has 34 heavy (non-hydrogen) atoms. The Morgan fingerprint density at radius 1 is 0.676 bits per heavy atom.